The Hall–Kier alpha value is -3.68. The molecule has 0 atom stereocenters. The van der Waals surface area contributed by atoms with Gasteiger partial charge < -0.3 is 25.0 Å². The van der Waals surface area contributed by atoms with Crippen molar-refractivity contribution in [1.29, 1.82) is 0 Å². The van der Waals surface area contributed by atoms with Crippen molar-refractivity contribution in [3.8, 4) is 5.75 Å². The molecule has 206 valence electrons. The Morgan fingerprint density at radius 2 is 1.62 bits per heavy atom. The topological polar surface area (TPSA) is 82.1 Å². The van der Waals surface area contributed by atoms with Crippen LogP contribution in [0.5, 0.6) is 5.75 Å². The van der Waals surface area contributed by atoms with Crippen molar-refractivity contribution >= 4 is 17.5 Å². The van der Waals surface area contributed by atoms with E-state index in [0.717, 1.165) is 55.5 Å². The molecule has 0 aromatic heterocycles. The minimum atomic E-state index is -0.146. The summed E-state index contributed by atoms with van der Waals surface area (Å²) in [5, 5.41) is 13.2. The van der Waals surface area contributed by atoms with Crippen molar-refractivity contribution in [3.05, 3.63) is 95.6 Å². The number of fused-ring (bicyclic) bond motifs is 1. The maximum Gasteiger partial charge on any atom is 0.264 e. The van der Waals surface area contributed by atoms with Gasteiger partial charge in [-0.05, 0) is 60.8 Å². The Kier molecular flexibility index (Phi) is 10.9. The molecule has 2 amide bonds. The lowest BCUT2D eigenvalue weighted by molar-refractivity contribution is -0.120. The van der Waals surface area contributed by atoms with Crippen molar-refractivity contribution < 1.29 is 19.4 Å². The Bertz CT molecular complexity index is 1190. The maximum absolute atomic E-state index is 13.6. The highest BCUT2D eigenvalue weighted by atomic mass is 16.5. The molecule has 1 aliphatic rings. The number of carbonyl (C=O) groups is 2. The fourth-order valence-electron chi connectivity index (χ4n) is 4.88. The molecule has 0 fully saturated rings. The van der Waals surface area contributed by atoms with E-state index in [2.05, 4.69) is 5.32 Å². The summed E-state index contributed by atoms with van der Waals surface area (Å²) in [5.74, 6) is 0.403. The first-order chi connectivity index (χ1) is 19.2. The second-order valence-electron chi connectivity index (χ2n) is 9.87. The number of hydrogen-bond acceptors (Lipinski definition) is 5. The molecular weight excluding hydrogens is 490 g/mol. The van der Waals surface area contributed by atoms with Gasteiger partial charge in [0.05, 0.1) is 6.61 Å². The van der Waals surface area contributed by atoms with Gasteiger partial charge in [-0.1, -0.05) is 67.8 Å². The summed E-state index contributed by atoms with van der Waals surface area (Å²) in [4.78, 5) is 30.5. The number of nitrogens with one attached hydrogen (secondary N) is 1. The van der Waals surface area contributed by atoms with Gasteiger partial charge in [0.2, 0.25) is 0 Å². The predicted octanol–water partition coefficient (Wildman–Crippen LogP) is 4.79. The molecule has 0 saturated carbocycles. The highest BCUT2D eigenvalue weighted by Crippen LogP contribution is 2.25. The molecule has 1 aliphatic heterocycles. The highest BCUT2D eigenvalue weighted by Gasteiger charge is 2.23. The lowest BCUT2D eigenvalue weighted by Gasteiger charge is -2.27. The molecule has 39 heavy (non-hydrogen) atoms. The third-order valence-electron chi connectivity index (χ3n) is 6.95. The van der Waals surface area contributed by atoms with E-state index in [1.165, 1.54) is 0 Å². The molecule has 0 saturated heterocycles. The third-order valence-corrected chi connectivity index (χ3v) is 6.95. The maximum atomic E-state index is 13.6. The summed E-state index contributed by atoms with van der Waals surface area (Å²) in [6.07, 6.45) is 5.37. The number of para-hydroxylation sites is 1. The summed E-state index contributed by atoms with van der Waals surface area (Å²) in [6, 6.07) is 24.7. The van der Waals surface area contributed by atoms with Crippen molar-refractivity contribution in [1.82, 2.24) is 10.2 Å². The van der Waals surface area contributed by atoms with Crippen LogP contribution in [-0.4, -0.2) is 54.7 Å². The van der Waals surface area contributed by atoms with E-state index in [9.17, 15) is 14.7 Å². The van der Waals surface area contributed by atoms with E-state index < -0.39 is 0 Å². The molecule has 2 N–H and O–H groups in total. The van der Waals surface area contributed by atoms with Crippen molar-refractivity contribution in [2.24, 2.45) is 0 Å². The minimum absolute atomic E-state index is 0.0566. The van der Waals surface area contributed by atoms with Crippen LogP contribution in [0.2, 0.25) is 0 Å². The highest BCUT2D eigenvalue weighted by molar-refractivity contribution is 5.98. The lowest BCUT2D eigenvalue weighted by atomic mass is 10.0. The SMILES string of the molecule is O=C(c1ccc2c(c1)CNCCCCCCCN2C(=O)COc1ccccc1)N(CCO)Cc1ccccc1. The molecule has 0 bridgehead atoms. The summed E-state index contributed by atoms with van der Waals surface area (Å²) in [5.41, 5.74) is 3.25. The standard InChI is InChI=1S/C32H39N3O4/c36-21-20-34(24-26-12-6-4-7-13-26)32(38)27-16-17-30-28(22-27)23-33-18-10-2-1-3-11-19-35(30)31(37)25-39-29-14-8-5-9-15-29/h4-9,12-17,22,33,36H,1-3,10-11,18-21,23-25H2. The van der Waals surface area contributed by atoms with Gasteiger partial charge in [-0.3, -0.25) is 9.59 Å². The van der Waals surface area contributed by atoms with E-state index in [0.29, 0.717) is 30.9 Å². The van der Waals surface area contributed by atoms with E-state index in [-0.39, 0.29) is 31.6 Å². The number of benzene rings is 3. The molecule has 0 radical (unpaired) electrons. The van der Waals surface area contributed by atoms with Crippen LogP contribution < -0.4 is 15.0 Å². The number of ether oxygens (including phenoxy) is 1. The number of hydrogen-bond donors (Lipinski definition) is 2. The first-order valence-corrected chi connectivity index (χ1v) is 13.9. The smallest absolute Gasteiger partial charge is 0.264 e. The van der Waals surface area contributed by atoms with Crippen molar-refractivity contribution in [2.45, 2.75) is 45.2 Å². The van der Waals surface area contributed by atoms with Gasteiger partial charge in [0.1, 0.15) is 5.75 Å². The van der Waals surface area contributed by atoms with Crippen LogP contribution in [0.4, 0.5) is 5.69 Å². The van der Waals surface area contributed by atoms with Gasteiger partial charge in [-0.2, -0.15) is 0 Å². The first-order valence-electron chi connectivity index (χ1n) is 13.9. The number of nitrogens with zero attached hydrogens (tertiary/aromatic N) is 2. The largest absolute Gasteiger partial charge is 0.484 e. The molecule has 0 aliphatic carbocycles. The van der Waals surface area contributed by atoms with Crippen molar-refractivity contribution in [3.63, 3.8) is 0 Å². The van der Waals surface area contributed by atoms with Crippen LogP contribution >= 0.6 is 0 Å². The minimum Gasteiger partial charge on any atom is -0.484 e. The molecule has 0 spiro atoms. The molecular formula is C32H39N3O4. The zero-order valence-electron chi connectivity index (χ0n) is 22.6. The zero-order chi connectivity index (χ0) is 27.3. The molecule has 3 aromatic carbocycles. The zero-order valence-corrected chi connectivity index (χ0v) is 22.6. The average molecular weight is 530 g/mol. The second-order valence-corrected chi connectivity index (χ2v) is 9.87. The Morgan fingerprint density at radius 3 is 2.38 bits per heavy atom. The fraction of sp³-hybridized carbons (Fsp3) is 0.375. The Labute approximate surface area is 231 Å². The molecule has 1 heterocycles. The average Bonchev–Trinajstić information content (AvgIpc) is 2.97. The van der Waals surface area contributed by atoms with Crippen LogP contribution in [-0.2, 0) is 17.9 Å². The summed E-state index contributed by atoms with van der Waals surface area (Å²) >= 11 is 0. The summed E-state index contributed by atoms with van der Waals surface area (Å²) in [7, 11) is 0. The number of anilines is 1. The Balaban J connectivity index is 1.59. The monoisotopic (exact) mass is 529 g/mol. The summed E-state index contributed by atoms with van der Waals surface area (Å²) in [6.45, 7) is 2.52. The van der Waals surface area contributed by atoms with E-state index in [4.69, 9.17) is 4.74 Å². The van der Waals surface area contributed by atoms with E-state index in [1.807, 2.05) is 77.7 Å². The van der Waals surface area contributed by atoms with E-state index >= 15 is 0 Å². The number of aliphatic hydroxyl groups excluding tert-OH is 1. The molecule has 7 nitrogen and oxygen atoms in total. The molecule has 0 unspecified atom stereocenters. The third kappa shape index (κ3) is 8.40. The van der Waals surface area contributed by atoms with Crippen LogP contribution in [0, 0.1) is 0 Å². The number of amides is 2. The number of aliphatic hydroxyl groups is 1. The second kappa shape index (κ2) is 15.0. The van der Waals surface area contributed by atoms with Gasteiger partial charge in [0, 0.05) is 37.4 Å². The van der Waals surface area contributed by atoms with Gasteiger partial charge >= 0.3 is 0 Å². The van der Waals surface area contributed by atoms with Crippen molar-refractivity contribution in [2.75, 3.05) is 37.7 Å². The summed E-state index contributed by atoms with van der Waals surface area (Å²) < 4.78 is 5.79. The fourth-order valence-corrected chi connectivity index (χ4v) is 4.88. The molecule has 4 rings (SSSR count). The van der Waals surface area contributed by atoms with Gasteiger partial charge in [-0.15, -0.1) is 0 Å². The van der Waals surface area contributed by atoms with Crippen LogP contribution in [0.25, 0.3) is 0 Å². The number of rotatable bonds is 8. The van der Waals surface area contributed by atoms with Gasteiger partial charge in [0.15, 0.2) is 6.61 Å². The predicted molar refractivity (Wildman–Crippen MR) is 154 cm³/mol. The quantitative estimate of drug-likeness (QED) is 0.439. The van der Waals surface area contributed by atoms with Gasteiger partial charge in [-0.25, -0.2) is 0 Å². The molecule has 7 heteroatoms. The van der Waals surface area contributed by atoms with Crippen LogP contribution in [0.1, 0.15) is 53.6 Å². The normalized spacial score (nSPS) is 14.4. The lowest BCUT2D eigenvalue weighted by Crippen LogP contribution is -2.37. The Morgan fingerprint density at radius 1 is 0.897 bits per heavy atom. The molecule has 3 aromatic rings. The first kappa shape index (κ1) is 28.3. The number of carbonyl (C=O) groups excluding carboxylic acids is 2. The van der Waals surface area contributed by atoms with Crippen LogP contribution in [0.3, 0.4) is 0 Å². The van der Waals surface area contributed by atoms with E-state index in [1.54, 1.807) is 11.0 Å². The van der Waals surface area contributed by atoms with Gasteiger partial charge in [0.25, 0.3) is 11.8 Å². The van der Waals surface area contributed by atoms with Crippen LogP contribution in [0.15, 0.2) is 78.9 Å².